The molecule has 2 aromatic rings. The van der Waals surface area contributed by atoms with Gasteiger partial charge in [-0.25, -0.2) is 9.78 Å². The van der Waals surface area contributed by atoms with Gasteiger partial charge in [-0.2, -0.15) is 5.10 Å². The van der Waals surface area contributed by atoms with Crippen LogP contribution in [0.25, 0.3) is 0 Å². The molecule has 1 N–H and O–H groups in total. The lowest BCUT2D eigenvalue weighted by molar-refractivity contribution is 0.607. The Morgan fingerprint density at radius 1 is 1.47 bits per heavy atom. The van der Waals surface area contributed by atoms with E-state index in [0.717, 1.165) is 10.6 Å². The Bertz CT molecular complexity index is 610. The lowest BCUT2D eigenvalue weighted by Crippen LogP contribution is -2.35. The number of aryl methyl sites for hydroxylation is 2. The smallest absolute Gasteiger partial charge is 0.298 e. The van der Waals surface area contributed by atoms with Gasteiger partial charge in [-0.05, 0) is 0 Å². The van der Waals surface area contributed by atoms with Crippen LogP contribution >= 0.6 is 11.6 Å². The van der Waals surface area contributed by atoms with E-state index < -0.39 is 11.2 Å². The van der Waals surface area contributed by atoms with Gasteiger partial charge in [0.2, 0.25) is 0 Å². The molecule has 0 saturated carbocycles. The predicted octanol–water partition coefficient (Wildman–Crippen LogP) is -0.439. The van der Waals surface area contributed by atoms with Crippen molar-refractivity contribution in [1.29, 1.82) is 0 Å². The molecule has 0 saturated heterocycles. The van der Waals surface area contributed by atoms with Crippen molar-refractivity contribution < 1.29 is 0 Å². The highest BCUT2D eigenvalue weighted by Gasteiger charge is 2.05. The summed E-state index contributed by atoms with van der Waals surface area (Å²) in [5.74, 6) is 0.578. The molecule has 0 radical (unpaired) electrons. The minimum atomic E-state index is -0.529. The van der Waals surface area contributed by atoms with Crippen LogP contribution in [0.1, 0.15) is 5.82 Å². The van der Waals surface area contributed by atoms with Crippen LogP contribution in [0, 0.1) is 0 Å². The van der Waals surface area contributed by atoms with Gasteiger partial charge in [-0.3, -0.25) is 19.0 Å². The van der Waals surface area contributed by atoms with Crippen molar-refractivity contribution in [2.24, 2.45) is 7.05 Å². The second-order valence-corrected chi connectivity index (χ2v) is 3.90. The highest BCUT2D eigenvalue weighted by molar-refractivity contribution is 6.29. The molecule has 0 unspecified atom stereocenters. The Labute approximate surface area is 101 Å². The first-order chi connectivity index (χ1) is 8.06. The van der Waals surface area contributed by atoms with Crippen molar-refractivity contribution in [1.82, 2.24) is 24.3 Å². The lowest BCUT2D eigenvalue weighted by atomic mass is 10.4. The molecule has 0 fully saturated rings. The SMILES string of the molecule is Cn1cnc(CCn2c(=O)cc(Cl)[nH]c2=O)n1. The van der Waals surface area contributed by atoms with E-state index in [1.54, 1.807) is 18.1 Å². The Morgan fingerprint density at radius 2 is 2.24 bits per heavy atom. The van der Waals surface area contributed by atoms with Crippen molar-refractivity contribution in [2.45, 2.75) is 13.0 Å². The van der Waals surface area contributed by atoms with Gasteiger partial charge in [0, 0.05) is 26.1 Å². The van der Waals surface area contributed by atoms with Crippen LogP contribution in [0.3, 0.4) is 0 Å². The van der Waals surface area contributed by atoms with E-state index in [1.807, 2.05) is 0 Å². The highest BCUT2D eigenvalue weighted by atomic mass is 35.5. The van der Waals surface area contributed by atoms with Crippen LogP contribution in [-0.2, 0) is 20.0 Å². The number of nitrogens with one attached hydrogen (secondary N) is 1. The molecule has 2 rings (SSSR count). The number of aromatic nitrogens is 5. The normalized spacial score (nSPS) is 10.7. The molecule has 8 heteroatoms. The zero-order chi connectivity index (χ0) is 12.4. The number of hydrogen-bond donors (Lipinski definition) is 1. The van der Waals surface area contributed by atoms with Crippen LogP contribution in [0.2, 0.25) is 5.15 Å². The molecular weight excluding hydrogens is 246 g/mol. The number of aromatic amines is 1. The summed E-state index contributed by atoms with van der Waals surface area (Å²) in [7, 11) is 1.75. The minimum absolute atomic E-state index is 0.0345. The molecule has 17 heavy (non-hydrogen) atoms. The van der Waals surface area contributed by atoms with E-state index in [1.165, 1.54) is 0 Å². The Morgan fingerprint density at radius 3 is 2.82 bits per heavy atom. The van der Waals surface area contributed by atoms with Crippen molar-refractivity contribution in [3.05, 3.63) is 44.2 Å². The van der Waals surface area contributed by atoms with E-state index in [2.05, 4.69) is 15.1 Å². The van der Waals surface area contributed by atoms with Crippen LogP contribution in [0.4, 0.5) is 0 Å². The summed E-state index contributed by atoms with van der Waals surface area (Å²) in [5.41, 5.74) is -0.965. The van der Waals surface area contributed by atoms with E-state index >= 15 is 0 Å². The van der Waals surface area contributed by atoms with Gasteiger partial charge in [0.1, 0.15) is 11.5 Å². The summed E-state index contributed by atoms with van der Waals surface area (Å²) in [6, 6.07) is 1.16. The van der Waals surface area contributed by atoms with Gasteiger partial charge in [0.15, 0.2) is 5.82 Å². The fourth-order valence-electron chi connectivity index (χ4n) is 1.41. The zero-order valence-corrected chi connectivity index (χ0v) is 9.81. The van der Waals surface area contributed by atoms with Crippen LogP contribution in [0.5, 0.6) is 0 Å². The molecule has 0 aliphatic carbocycles. The quantitative estimate of drug-likeness (QED) is 0.754. The summed E-state index contributed by atoms with van der Waals surface area (Å²) < 4.78 is 2.62. The van der Waals surface area contributed by atoms with Gasteiger partial charge >= 0.3 is 5.69 Å². The largest absolute Gasteiger partial charge is 0.329 e. The van der Waals surface area contributed by atoms with Crippen LogP contribution in [0.15, 0.2) is 22.0 Å². The maximum absolute atomic E-state index is 11.5. The third-order valence-electron chi connectivity index (χ3n) is 2.19. The van der Waals surface area contributed by atoms with Crippen LogP contribution in [-0.4, -0.2) is 24.3 Å². The monoisotopic (exact) mass is 255 g/mol. The van der Waals surface area contributed by atoms with E-state index in [0.29, 0.717) is 12.2 Å². The maximum Gasteiger partial charge on any atom is 0.329 e. The van der Waals surface area contributed by atoms with Gasteiger partial charge < -0.3 is 0 Å². The van der Waals surface area contributed by atoms with Crippen LogP contribution < -0.4 is 11.2 Å². The fourth-order valence-corrected chi connectivity index (χ4v) is 1.59. The van der Waals surface area contributed by atoms with Crippen molar-refractivity contribution >= 4 is 11.6 Å². The molecule has 2 aromatic heterocycles. The standard InChI is InChI=1S/C9H10ClN5O2/c1-14-5-11-7(13-14)2-3-15-8(16)4-6(10)12-9(15)17/h4-5H,2-3H2,1H3,(H,12,17). The molecule has 0 amide bonds. The first-order valence-electron chi connectivity index (χ1n) is 4.90. The molecule has 0 aliphatic heterocycles. The third-order valence-corrected chi connectivity index (χ3v) is 2.40. The summed E-state index contributed by atoms with van der Waals surface area (Å²) >= 11 is 5.55. The molecule has 90 valence electrons. The topological polar surface area (TPSA) is 85.6 Å². The number of H-pyrrole nitrogens is 1. The maximum atomic E-state index is 11.5. The summed E-state index contributed by atoms with van der Waals surface area (Å²) in [6.45, 7) is 0.218. The molecule has 7 nitrogen and oxygen atoms in total. The zero-order valence-electron chi connectivity index (χ0n) is 9.05. The van der Waals surface area contributed by atoms with Crippen molar-refractivity contribution in [2.75, 3.05) is 0 Å². The van der Waals surface area contributed by atoms with Crippen molar-refractivity contribution in [3.63, 3.8) is 0 Å². The van der Waals surface area contributed by atoms with E-state index in [4.69, 9.17) is 11.6 Å². The molecule has 2 heterocycles. The summed E-state index contributed by atoms with van der Waals surface area (Å²) in [4.78, 5) is 29.3. The van der Waals surface area contributed by atoms with Gasteiger partial charge in [0.05, 0.1) is 0 Å². The Balaban J connectivity index is 2.20. The molecule has 0 bridgehead atoms. The van der Waals surface area contributed by atoms with Crippen molar-refractivity contribution in [3.8, 4) is 0 Å². The van der Waals surface area contributed by atoms with E-state index in [9.17, 15) is 9.59 Å². The molecule has 0 aliphatic rings. The second-order valence-electron chi connectivity index (χ2n) is 3.50. The Kier molecular flexibility index (Phi) is 3.10. The fraction of sp³-hybridized carbons (Fsp3) is 0.333. The first-order valence-corrected chi connectivity index (χ1v) is 5.28. The molecule has 0 atom stereocenters. The third kappa shape index (κ3) is 2.62. The average Bonchev–Trinajstić information content (AvgIpc) is 2.62. The highest BCUT2D eigenvalue weighted by Crippen LogP contribution is 1.95. The predicted molar refractivity (Wildman–Crippen MR) is 61.0 cm³/mol. The number of rotatable bonds is 3. The Hall–Kier alpha value is -1.89. The number of hydrogen-bond acceptors (Lipinski definition) is 4. The van der Waals surface area contributed by atoms with Gasteiger partial charge in [-0.1, -0.05) is 11.6 Å². The summed E-state index contributed by atoms with van der Waals surface area (Å²) in [6.07, 6.45) is 1.97. The molecular formula is C9H10ClN5O2. The first kappa shape index (κ1) is 11.6. The second kappa shape index (κ2) is 4.54. The number of nitrogens with zero attached hydrogens (tertiary/aromatic N) is 4. The lowest BCUT2D eigenvalue weighted by Gasteiger charge is -2.01. The average molecular weight is 256 g/mol. The number of halogens is 1. The summed E-state index contributed by atoms with van der Waals surface area (Å²) in [5, 5.41) is 4.09. The van der Waals surface area contributed by atoms with Gasteiger partial charge in [-0.15, -0.1) is 0 Å². The molecule has 0 aromatic carbocycles. The van der Waals surface area contributed by atoms with Gasteiger partial charge in [0.25, 0.3) is 5.56 Å². The molecule has 0 spiro atoms. The van der Waals surface area contributed by atoms with E-state index in [-0.39, 0.29) is 11.7 Å². The minimum Gasteiger partial charge on any atom is -0.298 e.